The van der Waals surface area contributed by atoms with Crippen LogP contribution in [0.5, 0.6) is 0 Å². The average Bonchev–Trinajstić information content (AvgIpc) is 2.46. The van der Waals surface area contributed by atoms with Crippen LogP contribution in [0, 0.1) is 0 Å². The fourth-order valence-electron chi connectivity index (χ4n) is 1.79. The second-order valence-corrected chi connectivity index (χ2v) is 4.47. The number of halogens is 1. The molecule has 1 heterocycles. The van der Waals surface area contributed by atoms with Gasteiger partial charge in [0.1, 0.15) is 6.04 Å². The fraction of sp³-hybridized carbons (Fsp3) is 0.273. The van der Waals surface area contributed by atoms with Gasteiger partial charge in [0.05, 0.1) is 13.2 Å². The highest BCUT2D eigenvalue weighted by Gasteiger charge is 2.36. The first-order valence-corrected chi connectivity index (χ1v) is 6.04. The van der Waals surface area contributed by atoms with Crippen LogP contribution in [0.25, 0.3) is 0 Å². The first-order valence-electron chi connectivity index (χ1n) is 5.66. The molecule has 1 aliphatic rings. The maximum absolute atomic E-state index is 11.4. The monoisotopic (exact) mass is 300 g/mol. The van der Waals surface area contributed by atoms with E-state index in [1.807, 2.05) is 0 Å². The number of hydrogen-bond donors (Lipinski definition) is 4. The van der Waals surface area contributed by atoms with Gasteiger partial charge in [-0.3, -0.25) is 4.79 Å². The van der Waals surface area contributed by atoms with Crippen molar-refractivity contribution in [1.29, 1.82) is 0 Å². The number of aliphatic carboxylic acids is 1. The van der Waals surface area contributed by atoms with E-state index in [-0.39, 0.29) is 0 Å². The zero-order valence-corrected chi connectivity index (χ0v) is 11.2. The number of rotatable bonds is 2. The zero-order valence-electron chi connectivity index (χ0n) is 10.5. The van der Waals surface area contributed by atoms with Gasteiger partial charge in [-0.2, -0.15) is 5.12 Å². The molecule has 1 aromatic carbocycles. The van der Waals surface area contributed by atoms with Crippen LogP contribution in [-0.2, 0) is 9.53 Å². The number of amides is 1. The van der Waals surface area contributed by atoms with Gasteiger partial charge in [-0.15, -0.1) is 5.53 Å². The van der Waals surface area contributed by atoms with Gasteiger partial charge >= 0.3 is 12.1 Å². The van der Waals surface area contributed by atoms with Gasteiger partial charge in [0, 0.05) is 5.02 Å². The third kappa shape index (κ3) is 2.99. The van der Waals surface area contributed by atoms with E-state index in [0.29, 0.717) is 10.6 Å². The van der Waals surface area contributed by atoms with Gasteiger partial charge in [0.15, 0.2) is 0 Å². The molecule has 108 valence electrons. The minimum absolute atomic E-state index is 0.535. The van der Waals surface area contributed by atoms with Crippen LogP contribution in [0.1, 0.15) is 11.6 Å². The maximum Gasteiger partial charge on any atom is 0.440 e. The van der Waals surface area contributed by atoms with Crippen molar-refractivity contribution in [1.82, 2.24) is 21.5 Å². The van der Waals surface area contributed by atoms with Gasteiger partial charge in [0.2, 0.25) is 0 Å². The lowest BCUT2D eigenvalue weighted by Gasteiger charge is -2.37. The number of nitrogens with zero attached hydrogens (tertiary/aromatic N) is 1. The van der Waals surface area contributed by atoms with E-state index in [4.69, 9.17) is 11.6 Å². The van der Waals surface area contributed by atoms with Crippen molar-refractivity contribution in [2.24, 2.45) is 0 Å². The summed E-state index contributed by atoms with van der Waals surface area (Å²) in [7, 11) is 1.21. The zero-order chi connectivity index (χ0) is 14.7. The molecule has 0 spiro atoms. The number of hydrogen-bond acceptors (Lipinski definition) is 6. The number of ether oxygens (including phenoxy) is 1. The molecule has 8 nitrogen and oxygen atoms in total. The molecule has 2 rings (SSSR count). The van der Waals surface area contributed by atoms with E-state index in [1.165, 1.54) is 7.11 Å². The number of carbonyl (C=O) groups excluding carboxylic acids is 1. The van der Waals surface area contributed by atoms with Gasteiger partial charge in [-0.05, 0) is 17.7 Å². The normalized spacial score (nSPS) is 22.4. The third-order valence-electron chi connectivity index (χ3n) is 2.79. The van der Waals surface area contributed by atoms with Crippen molar-refractivity contribution in [2.45, 2.75) is 12.1 Å². The Balaban J connectivity index is 2.25. The summed E-state index contributed by atoms with van der Waals surface area (Å²) in [6.45, 7) is 0. The maximum atomic E-state index is 11.4. The molecule has 1 aromatic rings. The predicted molar refractivity (Wildman–Crippen MR) is 69.3 cm³/mol. The molecular weight excluding hydrogens is 288 g/mol. The molecule has 4 N–H and O–H groups in total. The Hall–Kier alpha value is -1.87. The molecule has 1 amide bonds. The molecule has 0 bridgehead atoms. The average molecular weight is 301 g/mol. The largest absolute Gasteiger partial charge is 0.480 e. The quantitative estimate of drug-likeness (QED) is 0.628. The molecule has 0 saturated carbocycles. The van der Waals surface area contributed by atoms with Crippen molar-refractivity contribution in [3.8, 4) is 0 Å². The number of methoxy groups -OCH3 is 1. The minimum atomic E-state index is -1.07. The Labute approximate surface area is 119 Å². The van der Waals surface area contributed by atoms with Crippen LogP contribution in [0.15, 0.2) is 24.3 Å². The molecule has 1 saturated heterocycles. The number of nitrogens with one attached hydrogen (secondary N) is 3. The first kappa shape index (κ1) is 14.5. The summed E-state index contributed by atoms with van der Waals surface area (Å²) in [5, 5.41) is 10.7. The summed E-state index contributed by atoms with van der Waals surface area (Å²) >= 11 is 5.80. The molecule has 2 atom stereocenters. The van der Waals surface area contributed by atoms with Gasteiger partial charge < -0.3 is 9.84 Å². The van der Waals surface area contributed by atoms with Crippen LogP contribution in [0.3, 0.4) is 0 Å². The van der Waals surface area contributed by atoms with Gasteiger partial charge in [0.25, 0.3) is 0 Å². The third-order valence-corrected chi connectivity index (χ3v) is 3.04. The predicted octanol–water partition coefficient (Wildman–Crippen LogP) is 0.430. The molecule has 0 radical (unpaired) electrons. The Kier molecular flexibility index (Phi) is 4.40. The number of carbonyl (C=O) groups is 2. The fourth-order valence-corrected chi connectivity index (χ4v) is 1.92. The number of carboxylic acids is 1. The van der Waals surface area contributed by atoms with Crippen LogP contribution in [0.4, 0.5) is 4.79 Å². The van der Waals surface area contributed by atoms with E-state index in [1.54, 1.807) is 24.3 Å². The highest BCUT2D eigenvalue weighted by molar-refractivity contribution is 6.30. The smallest absolute Gasteiger partial charge is 0.440 e. The molecule has 1 aliphatic heterocycles. The molecule has 1 fully saturated rings. The second-order valence-electron chi connectivity index (χ2n) is 4.04. The lowest BCUT2D eigenvalue weighted by atomic mass is 10.00. The van der Waals surface area contributed by atoms with E-state index < -0.39 is 24.1 Å². The SMILES string of the molecule is COC(=O)N1NNC(C(=O)O)C(c2ccc(Cl)cc2)N1. The lowest BCUT2D eigenvalue weighted by molar-refractivity contribution is -0.144. The summed E-state index contributed by atoms with van der Waals surface area (Å²) in [5.74, 6) is -1.07. The Morgan fingerprint density at radius 1 is 1.35 bits per heavy atom. The van der Waals surface area contributed by atoms with Gasteiger partial charge in [-0.25, -0.2) is 15.6 Å². The molecule has 2 unspecified atom stereocenters. The summed E-state index contributed by atoms with van der Waals surface area (Å²) in [5.41, 5.74) is 8.32. The number of hydrazine groups is 3. The van der Waals surface area contributed by atoms with E-state index in [2.05, 4.69) is 21.1 Å². The van der Waals surface area contributed by atoms with Gasteiger partial charge in [-0.1, -0.05) is 23.7 Å². The molecule has 0 aliphatic carbocycles. The van der Waals surface area contributed by atoms with Crippen molar-refractivity contribution in [3.05, 3.63) is 34.9 Å². The number of carboxylic acid groups (broad SMARTS) is 1. The topological polar surface area (TPSA) is 103 Å². The summed E-state index contributed by atoms with van der Waals surface area (Å²) < 4.78 is 4.54. The van der Waals surface area contributed by atoms with E-state index in [9.17, 15) is 14.7 Å². The van der Waals surface area contributed by atoms with Crippen molar-refractivity contribution < 1.29 is 19.4 Å². The summed E-state index contributed by atoms with van der Waals surface area (Å²) in [6, 6.07) is 4.99. The van der Waals surface area contributed by atoms with Crippen LogP contribution in [0.2, 0.25) is 5.02 Å². The standard InChI is InChI=1S/C11H13ClN4O4/c1-20-11(19)16-14-8(9(10(17)18)13-15-16)6-2-4-7(12)5-3-6/h2-5,8-9,13-15H,1H3,(H,17,18). The van der Waals surface area contributed by atoms with Crippen molar-refractivity contribution >= 4 is 23.7 Å². The summed E-state index contributed by atoms with van der Waals surface area (Å²) in [4.78, 5) is 22.7. The highest BCUT2D eigenvalue weighted by atomic mass is 35.5. The van der Waals surface area contributed by atoms with Crippen LogP contribution < -0.4 is 16.4 Å². The molecule has 0 aromatic heterocycles. The summed E-state index contributed by atoms with van der Waals surface area (Å²) in [6.07, 6.45) is -0.708. The lowest BCUT2D eigenvalue weighted by Crippen LogP contribution is -2.69. The Morgan fingerprint density at radius 2 is 2.00 bits per heavy atom. The molecule has 20 heavy (non-hydrogen) atoms. The van der Waals surface area contributed by atoms with E-state index in [0.717, 1.165) is 5.12 Å². The second kappa shape index (κ2) is 6.06. The Morgan fingerprint density at radius 3 is 2.55 bits per heavy atom. The first-order chi connectivity index (χ1) is 9.52. The van der Waals surface area contributed by atoms with Crippen LogP contribution >= 0.6 is 11.6 Å². The number of benzene rings is 1. The minimum Gasteiger partial charge on any atom is -0.480 e. The van der Waals surface area contributed by atoms with Crippen LogP contribution in [-0.4, -0.2) is 35.4 Å². The Bertz CT molecular complexity index is 510. The highest BCUT2D eigenvalue weighted by Crippen LogP contribution is 2.21. The van der Waals surface area contributed by atoms with Crippen molar-refractivity contribution in [2.75, 3.05) is 7.11 Å². The van der Waals surface area contributed by atoms with E-state index >= 15 is 0 Å². The molecular formula is C11H13ClN4O4. The molecule has 9 heteroatoms. The van der Waals surface area contributed by atoms with Crippen molar-refractivity contribution in [3.63, 3.8) is 0 Å².